The highest BCUT2D eigenvalue weighted by molar-refractivity contribution is 9.10. The highest BCUT2D eigenvalue weighted by Crippen LogP contribution is 2.32. The van der Waals surface area contributed by atoms with Crippen LogP contribution in [0.3, 0.4) is 0 Å². The molecular formula is C14H12Br2N2O. The second-order valence-corrected chi connectivity index (χ2v) is 5.78. The van der Waals surface area contributed by atoms with Gasteiger partial charge in [-0.2, -0.15) is 0 Å². The van der Waals surface area contributed by atoms with Gasteiger partial charge in [0, 0.05) is 10.0 Å². The number of hydrogen-bond acceptors (Lipinski definition) is 2. The maximum Gasteiger partial charge on any atom is 0.141 e. The third kappa shape index (κ3) is 3.36. The Morgan fingerprint density at radius 2 is 1.84 bits per heavy atom. The van der Waals surface area contributed by atoms with Gasteiger partial charge in [-0.05, 0) is 64.8 Å². The summed E-state index contributed by atoms with van der Waals surface area (Å²) in [5.41, 5.74) is 7.20. The molecule has 2 rings (SSSR count). The molecule has 0 aliphatic heterocycles. The van der Waals surface area contributed by atoms with E-state index in [1.54, 1.807) is 18.2 Å². The lowest BCUT2D eigenvalue weighted by molar-refractivity contribution is 0.479. The van der Waals surface area contributed by atoms with Crippen molar-refractivity contribution in [2.75, 3.05) is 0 Å². The summed E-state index contributed by atoms with van der Waals surface area (Å²) >= 11 is 6.87. The topological polar surface area (TPSA) is 59.1 Å². The highest BCUT2D eigenvalue weighted by Gasteiger charge is 2.06. The molecule has 2 aromatic rings. The molecule has 0 atom stereocenters. The van der Waals surface area contributed by atoms with Gasteiger partial charge in [-0.25, -0.2) is 0 Å². The van der Waals surface area contributed by atoms with E-state index >= 15 is 0 Å². The number of hydrogen-bond donors (Lipinski definition) is 2. The molecule has 19 heavy (non-hydrogen) atoms. The summed E-state index contributed by atoms with van der Waals surface area (Å²) in [4.78, 5) is 0. The maximum absolute atomic E-state index is 7.39. The predicted octanol–water partition coefficient (Wildman–Crippen LogP) is 4.60. The zero-order chi connectivity index (χ0) is 14.0. The molecule has 0 aromatic heterocycles. The Bertz CT molecular complexity index is 641. The fourth-order valence-corrected chi connectivity index (χ4v) is 2.27. The van der Waals surface area contributed by atoms with Crippen LogP contribution < -0.4 is 10.5 Å². The van der Waals surface area contributed by atoms with Crippen molar-refractivity contribution in [1.82, 2.24) is 0 Å². The van der Waals surface area contributed by atoms with Crippen LogP contribution in [-0.4, -0.2) is 5.84 Å². The quantitative estimate of drug-likeness (QED) is 0.601. The number of amidine groups is 1. The number of halogens is 2. The third-order valence-electron chi connectivity index (χ3n) is 2.60. The number of benzene rings is 2. The average Bonchev–Trinajstić information content (AvgIpc) is 2.36. The molecule has 0 heterocycles. The molecule has 0 spiro atoms. The van der Waals surface area contributed by atoms with E-state index in [0.29, 0.717) is 11.3 Å². The molecule has 0 unspecified atom stereocenters. The molecule has 0 saturated heterocycles. The molecule has 0 aliphatic rings. The van der Waals surface area contributed by atoms with Crippen molar-refractivity contribution >= 4 is 37.7 Å². The van der Waals surface area contributed by atoms with Crippen LogP contribution in [-0.2, 0) is 0 Å². The van der Waals surface area contributed by atoms with Crippen LogP contribution in [0.5, 0.6) is 11.5 Å². The van der Waals surface area contributed by atoms with E-state index in [1.165, 1.54) is 0 Å². The Morgan fingerprint density at radius 1 is 1.11 bits per heavy atom. The molecule has 0 amide bonds. The summed E-state index contributed by atoms with van der Waals surface area (Å²) < 4.78 is 7.61. The van der Waals surface area contributed by atoms with Crippen molar-refractivity contribution < 1.29 is 4.74 Å². The summed E-state index contributed by atoms with van der Waals surface area (Å²) in [5, 5.41) is 7.39. The smallest absolute Gasteiger partial charge is 0.141 e. The first-order chi connectivity index (χ1) is 8.97. The first kappa shape index (κ1) is 14.1. The van der Waals surface area contributed by atoms with Crippen molar-refractivity contribution in [1.29, 1.82) is 5.41 Å². The summed E-state index contributed by atoms with van der Waals surface area (Å²) in [6.07, 6.45) is 0. The fraction of sp³-hybridized carbons (Fsp3) is 0.0714. The van der Waals surface area contributed by atoms with Crippen molar-refractivity contribution in [2.45, 2.75) is 6.92 Å². The van der Waals surface area contributed by atoms with Crippen LogP contribution in [0.25, 0.3) is 0 Å². The van der Waals surface area contributed by atoms with Crippen LogP contribution in [0, 0.1) is 12.3 Å². The van der Waals surface area contributed by atoms with Gasteiger partial charge in [-0.3, -0.25) is 5.41 Å². The van der Waals surface area contributed by atoms with Gasteiger partial charge < -0.3 is 10.5 Å². The monoisotopic (exact) mass is 382 g/mol. The van der Waals surface area contributed by atoms with Crippen molar-refractivity contribution in [3.05, 3.63) is 56.5 Å². The number of nitrogens with one attached hydrogen (secondary N) is 1. The molecule has 98 valence electrons. The minimum atomic E-state index is 0.0340. The van der Waals surface area contributed by atoms with Gasteiger partial charge in [0.25, 0.3) is 0 Å². The van der Waals surface area contributed by atoms with Crippen LogP contribution in [0.15, 0.2) is 45.3 Å². The van der Waals surface area contributed by atoms with Crippen molar-refractivity contribution in [2.24, 2.45) is 5.73 Å². The molecule has 0 radical (unpaired) electrons. The zero-order valence-electron chi connectivity index (χ0n) is 10.2. The van der Waals surface area contributed by atoms with Crippen LogP contribution in [0.4, 0.5) is 0 Å². The van der Waals surface area contributed by atoms with Gasteiger partial charge >= 0.3 is 0 Å². The Labute approximate surface area is 128 Å². The van der Waals surface area contributed by atoms with Crippen molar-refractivity contribution in [3.8, 4) is 11.5 Å². The molecule has 0 fully saturated rings. The minimum absolute atomic E-state index is 0.0340. The van der Waals surface area contributed by atoms with Crippen LogP contribution in [0.2, 0.25) is 0 Å². The number of aryl methyl sites for hydroxylation is 1. The number of rotatable bonds is 3. The standard InChI is InChI=1S/C14H12Br2N2O/c1-8-6-10(3-4-11(8)15)19-13-5-2-9(14(17)18)7-12(13)16/h2-7H,1H3,(H3,17,18). The van der Waals surface area contributed by atoms with E-state index in [9.17, 15) is 0 Å². The molecule has 5 heteroatoms. The van der Waals surface area contributed by atoms with E-state index in [1.807, 2.05) is 25.1 Å². The predicted molar refractivity (Wildman–Crippen MR) is 84.1 cm³/mol. The highest BCUT2D eigenvalue weighted by atomic mass is 79.9. The fourth-order valence-electron chi connectivity index (χ4n) is 1.56. The van der Waals surface area contributed by atoms with Gasteiger partial charge in [0.2, 0.25) is 0 Å². The molecule has 0 bridgehead atoms. The van der Waals surface area contributed by atoms with E-state index < -0.39 is 0 Å². The van der Waals surface area contributed by atoms with E-state index in [0.717, 1.165) is 20.3 Å². The number of nitrogen functional groups attached to an aromatic ring is 1. The van der Waals surface area contributed by atoms with Gasteiger partial charge in [0.15, 0.2) is 0 Å². The van der Waals surface area contributed by atoms with E-state index in [2.05, 4.69) is 31.9 Å². The van der Waals surface area contributed by atoms with Crippen LogP contribution in [0.1, 0.15) is 11.1 Å². The molecule has 3 N–H and O–H groups in total. The van der Waals surface area contributed by atoms with Crippen LogP contribution >= 0.6 is 31.9 Å². The third-order valence-corrected chi connectivity index (χ3v) is 4.11. The first-order valence-electron chi connectivity index (χ1n) is 5.55. The second kappa shape index (κ2) is 5.75. The maximum atomic E-state index is 7.39. The van der Waals surface area contributed by atoms with E-state index in [-0.39, 0.29) is 5.84 Å². The number of nitrogens with two attached hydrogens (primary N) is 1. The Kier molecular flexibility index (Phi) is 4.27. The second-order valence-electron chi connectivity index (χ2n) is 4.07. The summed E-state index contributed by atoms with van der Waals surface area (Å²) in [6, 6.07) is 11.1. The van der Waals surface area contributed by atoms with Gasteiger partial charge in [-0.15, -0.1) is 0 Å². The Morgan fingerprint density at radius 3 is 2.42 bits per heavy atom. The largest absolute Gasteiger partial charge is 0.456 e. The lowest BCUT2D eigenvalue weighted by atomic mass is 10.2. The SMILES string of the molecule is Cc1cc(Oc2ccc(C(=N)N)cc2Br)ccc1Br. The molecule has 3 nitrogen and oxygen atoms in total. The average molecular weight is 384 g/mol. The molecule has 0 saturated carbocycles. The zero-order valence-corrected chi connectivity index (χ0v) is 13.4. The Hall–Kier alpha value is -1.33. The normalized spacial score (nSPS) is 10.3. The minimum Gasteiger partial charge on any atom is -0.456 e. The van der Waals surface area contributed by atoms with E-state index in [4.69, 9.17) is 15.9 Å². The van der Waals surface area contributed by atoms with Gasteiger partial charge in [0.1, 0.15) is 17.3 Å². The molecular weight excluding hydrogens is 372 g/mol. The summed E-state index contributed by atoms with van der Waals surface area (Å²) in [7, 11) is 0. The van der Waals surface area contributed by atoms with Crippen molar-refractivity contribution in [3.63, 3.8) is 0 Å². The van der Waals surface area contributed by atoms with Gasteiger partial charge in [-0.1, -0.05) is 15.9 Å². The molecule has 2 aromatic carbocycles. The lowest BCUT2D eigenvalue weighted by Gasteiger charge is -2.10. The summed E-state index contributed by atoms with van der Waals surface area (Å²) in [5.74, 6) is 1.48. The first-order valence-corrected chi connectivity index (χ1v) is 7.14. The lowest BCUT2D eigenvalue weighted by Crippen LogP contribution is -2.10. The van der Waals surface area contributed by atoms with Gasteiger partial charge in [0.05, 0.1) is 4.47 Å². The summed E-state index contributed by atoms with van der Waals surface area (Å²) in [6.45, 7) is 2.00. The molecule has 0 aliphatic carbocycles. The number of ether oxygens (including phenoxy) is 1. The Balaban J connectivity index is 2.28.